The molecule has 1 unspecified atom stereocenters. The smallest absolute Gasteiger partial charge is 0.227 e. The Bertz CT molecular complexity index is 992. The van der Waals surface area contributed by atoms with E-state index in [-0.39, 0.29) is 12.0 Å². The third-order valence-electron chi connectivity index (χ3n) is 5.43. The highest BCUT2D eigenvalue weighted by Crippen LogP contribution is 2.33. The summed E-state index contributed by atoms with van der Waals surface area (Å²) in [6.07, 6.45) is 4.48. The molecule has 3 aromatic rings. The average molecular weight is 395 g/mol. The Labute approximate surface area is 167 Å². The molecule has 5 rings (SSSR count). The molecule has 1 aromatic carbocycles. The summed E-state index contributed by atoms with van der Waals surface area (Å²) in [7, 11) is 0. The summed E-state index contributed by atoms with van der Waals surface area (Å²) in [5, 5.41) is 13.7. The molecule has 6 nitrogen and oxygen atoms in total. The van der Waals surface area contributed by atoms with Crippen LogP contribution < -0.4 is 5.32 Å². The molecule has 1 amide bonds. The van der Waals surface area contributed by atoms with Crippen molar-refractivity contribution in [1.29, 1.82) is 0 Å². The number of carbonyl (C=O) groups excluding carboxylic acids is 1. The third-order valence-corrected chi connectivity index (χ3v) is 6.43. The minimum atomic E-state index is -0.142. The molecule has 144 valence electrons. The van der Waals surface area contributed by atoms with Gasteiger partial charge in [-0.15, -0.1) is 21.5 Å². The molecule has 0 fully saturated rings. The average Bonchev–Trinajstić information content (AvgIpc) is 3.36. The number of rotatable bonds is 4. The number of aryl methyl sites for hydroxylation is 1. The van der Waals surface area contributed by atoms with Gasteiger partial charge in [0.05, 0.1) is 19.1 Å². The Kier molecular flexibility index (Phi) is 4.70. The van der Waals surface area contributed by atoms with Crippen molar-refractivity contribution >= 4 is 22.9 Å². The molecule has 0 aliphatic carbocycles. The lowest BCUT2D eigenvalue weighted by molar-refractivity contribution is -0.119. The first-order valence-electron chi connectivity index (χ1n) is 9.78. The minimum Gasteiger partial charge on any atom is -0.373 e. The van der Waals surface area contributed by atoms with E-state index in [1.165, 1.54) is 23.3 Å². The molecule has 2 aromatic heterocycles. The van der Waals surface area contributed by atoms with Gasteiger partial charge in [0.25, 0.3) is 0 Å². The molecule has 0 spiro atoms. The number of thiophene rings is 1. The van der Waals surface area contributed by atoms with Crippen LogP contribution in [0.15, 0.2) is 35.7 Å². The lowest BCUT2D eigenvalue weighted by Crippen LogP contribution is -2.21. The van der Waals surface area contributed by atoms with Crippen LogP contribution in [0.3, 0.4) is 0 Å². The van der Waals surface area contributed by atoms with Crippen LogP contribution in [-0.2, 0) is 28.9 Å². The lowest BCUT2D eigenvalue weighted by Gasteiger charge is -2.23. The van der Waals surface area contributed by atoms with E-state index in [9.17, 15) is 4.79 Å². The fourth-order valence-electron chi connectivity index (χ4n) is 4.00. The van der Waals surface area contributed by atoms with Crippen molar-refractivity contribution in [2.45, 2.75) is 44.8 Å². The molecule has 28 heavy (non-hydrogen) atoms. The van der Waals surface area contributed by atoms with Crippen LogP contribution in [0.1, 0.15) is 41.6 Å². The van der Waals surface area contributed by atoms with Crippen molar-refractivity contribution in [1.82, 2.24) is 14.8 Å². The number of nitrogens with one attached hydrogen (secondary N) is 1. The summed E-state index contributed by atoms with van der Waals surface area (Å²) >= 11 is 1.75. The number of hydrogen-bond acceptors (Lipinski definition) is 5. The summed E-state index contributed by atoms with van der Waals surface area (Å²) in [5.41, 5.74) is 2.98. The summed E-state index contributed by atoms with van der Waals surface area (Å²) < 4.78 is 8.02. The second kappa shape index (κ2) is 7.48. The topological polar surface area (TPSA) is 69.0 Å². The Morgan fingerprint density at radius 1 is 1.18 bits per heavy atom. The fraction of sp³-hybridized carbons (Fsp3) is 0.381. The van der Waals surface area contributed by atoms with Crippen molar-refractivity contribution < 1.29 is 9.53 Å². The van der Waals surface area contributed by atoms with Gasteiger partial charge in [0.2, 0.25) is 5.91 Å². The van der Waals surface area contributed by atoms with Crippen molar-refractivity contribution in [2.75, 3.05) is 11.9 Å². The molecule has 0 radical (unpaired) electrons. The number of amides is 1. The highest BCUT2D eigenvalue weighted by molar-refractivity contribution is 7.10. The van der Waals surface area contributed by atoms with Gasteiger partial charge in [0.1, 0.15) is 5.82 Å². The SMILES string of the molecule is O=C(CC1OCCc2sccc21)Nc1ccc(-c2nnc3n2CCCC3)cc1. The van der Waals surface area contributed by atoms with Gasteiger partial charge >= 0.3 is 0 Å². The van der Waals surface area contributed by atoms with Gasteiger partial charge in [0.15, 0.2) is 5.82 Å². The first-order valence-corrected chi connectivity index (χ1v) is 10.7. The predicted molar refractivity (Wildman–Crippen MR) is 108 cm³/mol. The first-order chi connectivity index (χ1) is 13.8. The number of anilines is 1. The maximum absolute atomic E-state index is 12.5. The number of carbonyl (C=O) groups is 1. The Morgan fingerprint density at radius 3 is 2.96 bits per heavy atom. The molecule has 2 aliphatic rings. The summed E-state index contributed by atoms with van der Waals surface area (Å²) in [6, 6.07) is 9.92. The third kappa shape index (κ3) is 3.36. The molecule has 0 saturated carbocycles. The van der Waals surface area contributed by atoms with Gasteiger partial charge in [0, 0.05) is 35.5 Å². The van der Waals surface area contributed by atoms with Gasteiger partial charge in [-0.1, -0.05) is 0 Å². The van der Waals surface area contributed by atoms with E-state index < -0.39 is 0 Å². The second-order valence-corrected chi connectivity index (χ2v) is 8.29. The zero-order chi connectivity index (χ0) is 18.9. The van der Waals surface area contributed by atoms with Crippen molar-refractivity contribution in [3.05, 3.63) is 52.0 Å². The van der Waals surface area contributed by atoms with Gasteiger partial charge in [-0.05, 0) is 54.1 Å². The van der Waals surface area contributed by atoms with Crippen molar-refractivity contribution in [3.8, 4) is 11.4 Å². The van der Waals surface area contributed by atoms with E-state index in [4.69, 9.17) is 4.74 Å². The zero-order valence-corrected chi connectivity index (χ0v) is 16.4. The number of aromatic nitrogens is 3. The summed E-state index contributed by atoms with van der Waals surface area (Å²) in [5.74, 6) is 1.95. The van der Waals surface area contributed by atoms with E-state index in [0.717, 1.165) is 42.3 Å². The zero-order valence-electron chi connectivity index (χ0n) is 15.6. The van der Waals surface area contributed by atoms with Crippen molar-refractivity contribution in [2.24, 2.45) is 0 Å². The quantitative estimate of drug-likeness (QED) is 0.727. The Morgan fingerprint density at radius 2 is 2.07 bits per heavy atom. The summed E-state index contributed by atoms with van der Waals surface area (Å²) in [6.45, 7) is 1.66. The number of nitrogens with zero attached hydrogens (tertiary/aromatic N) is 3. The van der Waals surface area contributed by atoms with Crippen LogP contribution in [0.2, 0.25) is 0 Å². The lowest BCUT2D eigenvalue weighted by atomic mass is 10.0. The molecule has 7 heteroatoms. The standard InChI is InChI=1S/C21H22N4O2S/c26-20(13-17-16-9-12-28-18(16)8-11-27-17)22-15-6-4-14(5-7-15)21-24-23-19-3-1-2-10-25(19)21/h4-7,9,12,17H,1-3,8,10-11,13H2,(H,22,26). The van der Waals surface area contributed by atoms with Crippen LogP contribution in [0.25, 0.3) is 11.4 Å². The normalized spacial score (nSPS) is 18.4. The van der Waals surface area contributed by atoms with Crippen LogP contribution in [0, 0.1) is 0 Å². The number of hydrogen-bond donors (Lipinski definition) is 1. The largest absolute Gasteiger partial charge is 0.373 e. The molecular formula is C21H22N4O2S. The number of benzene rings is 1. The second-order valence-electron chi connectivity index (χ2n) is 7.29. The maximum Gasteiger partial charge on any atom is 0.227 e. The molecule has 1 atom stereocenters. The molecule has 2 aliphatic heterocycles. The molecule has 4 heterocycles. The minimum absolute atomic E-state index is 0.0309. The summed E-state index contributed by atoms with van der Waals surface area (Å²) in [4.78, 5) is 13.8. The Hall–Kier alpha value is -2.51. The van der Waals surface area contributed by atoms with Gasteiger partial charge in [-0.3, -0.25) is 4.79 Å². The number of fused-ring (bicyclic) bond motifs is 2. The predicted octanol–water partition coefficient (Wildman–Crippen LogP) is 3.99. The monoisotopic (exact) mass is 394 g/mol. The van der Waals surface area contributed by atoms with Crippen LogP contribution in [0.5, 0.6) is 0 Å². The first kappa shape index (κ1) is 17.6. The van der Waals surface area contributed by atoms with E-state index in [1.54, 1.807) is 11.3 Å². The van der Waals surface area contributed by atoms with Crippen LogP contribution >= 0.6 is 11.3 Å². The number of ether oxygens (including phenoxy) is 1. The van der Waals surface area contributed by atoms with Crippen molar-refractivity contribution in [3.63, 3.8) is 0 Å². The molecule has 0 bridgehead atoms. The maximum atomic E-state index is 12.5. The molecular weight excluding hydrogens is 372 g/mol. The van der Waals surface area contributed by atoms with Gasteiger partial charge in [-0.2, -0.15) is 0 Å². The molecule has 1 N–H and O–H groups in total. The van der Waals surface area contributed by atoms with Gasteiger partial charge in [-0.25, -0.2) is 0 Å². The van der Waals surface area contributed by atoms with E-state index >= 15 is 0 Å². The van der Waals surface area contributed by atoms with Crippen LogP contribution in [-0.4, -0.2) is 27.3 Å². The Balaban J connectivity index is 1.26. The fourth-order valence-corrected chi connectivity index (χ4v) is 4.91. The highest BCUT2D eigenvalue weighted by atomic mass is 32.1. The van der Waals surface area contributed by atoms with Crippen LogP contribution in [0.4, 0.5) is 5.69 Å². The highest BCUT2D eigenvalue weighted by Gasteiger charge is 2.24. The van der Waals surface area contributed by atoms with E-state index in [2.05, 4.69) is 31.5 Å². The van der Waals surface area contributed by atoms with E-state index in [1.807, 2.05) is 24.3 Å². The van der Waals surface area contributed by atoms with Gasteiger partial charge < -0.3 is 14.6 Å². The van der Waals surface area contributed by atoms with E-state index in [0.29, 0.717) is 13.0 Å². The molecule has 0 saturated heterocycles.